The van der Waals surface area contributed by atoms with Crippen molar-refractivity contribution in [2.45, 2.75) is 116 Å². The Kier molecular flexibility index (Phi) is 11.9. The zero-order chi connectivity index (χ0) is 24.0. The highest BCUT2D eigenvalue weighted by Gasteiger charge is 2.24. The normalized spacial score (nSPS) is 26.0. The summed E-state index contributed by atoms with van der Waals surface area (Å²) in [4.78, 5) is 0. The molecule has 0 saturated heterocycles. The van der Waals surface area contributed by atoms with Crippen LogP contribution in [0.4, 0.5) is 4.39 Å². The zero-order valence-electron chi connectivity index (χ0n) is 21.5. The predicted octanol–water partition coefficient (Wildman–Crippen LogP) is 9.99. The van der Waals surface area contributed by atoms with E-state index in [2.05, 4.69) is 37.3 Å². The van der Waals surface area contributed by atoms with Crippen molar-refractivity contribution in [3.05, 3.63) is 59.4 Å². The van der Waals surface area contributed by atoms with E-state index in [1.165, 1.54) is 120 Å². The highest BCUT2D eigenvalue weighted by Crippen LogP contribution is 2.40. The first-order chi connectivity index (χ1) is 16.7. The second-order valence-electron chi connectivity index (χ2n) is 11.0. The summed E-state index contributed by atoms with van der Waals surface area (Å²) in [6.07, 6.45) is 26.5. The van der Waals surface area contributed by atoms with Crippen LogP contribution in [0.15, 0.2) is 48.3 Å². The Bertz CT molecular complexity index is 783. The Hall–Kier alpha value is -1.88. The van der Waals surface area contributed by atoms with Crippen LogP contribution in [-0.2, 0) is 6.42 Å². The summed E-state index contributed by atoms with van der Waals surface area (Å²) in [5.41, 5.74) is 3.09. The molecule has 1 nitrogen and oxygen atoms in total. The summed E-state index contributed by atoms with van der Waals surface area (Å²) < 4.78 is 12.9. The van der Waals surface area contributed by atoms with Gasteiger partial charge in [0.2, 0.25) is 0 Å². The lowest BCUT2D eigenvalue weighted by Crippen LogP contribution is -2.17. The van der Waals surface area contributed by atoms with Crippen LogP contribution < -0.4 is 0 Å². The number of nitriles is 1. The van der Waals surface area contributed by atoms with Crippen molar-refractivity contribution in [1.82, 2.24) is 0 Å². The van der Waals surface area contributed by atoms with Gasteiger partial charge < -0.3 is 0 Å². The minimum Gasteiger partial charge on any atom is -0.195 e. The van der Waals surface area contributed by atoms with Crippen LogP contribution in [0.25, 0.3) is 0 Å². The van der Waals surface area contributed by atoms with Gasteiger partial charge in [-0.1, -0.05) is 81.9 Å². The summed E-state index contributed by atoms with van der Waals surface area (Å²) >= 11 is 0. The van der Waals surface area contributed by atoms with E-state index in [1.807, 2.05) is 0 Å². The third kappa shape index (κ3) is 9.40. The molecule has 0 N–H and O–H groups in total. The van der Waals surface area contributed by atoms with E-state index in [0.29, 0.717) is 5.92 Å². The molecule has 1 aromatic carbocycles. The van der Waals surface area contributed by atoms with Crippen LogP contribution in [0, 0.1) is 29.1 Å². The van der Waals surface area contributed by atoms with Gasteiger partial charge in [0.15, 0.2) is 5.83 Å². The van der Waals surface area contributed by atoms with Crippen LogP contribution in [0.2, 0.25) is 0 Å². The van der Waals surface area contributed by atoms with E-state index < -0.39 is 5.83 Å². The van der Waals surface area contributed by atoms with Gasteiger partial charge in [0.25, 0.3) is 0 Å². The quantitative estimate of drug-likeness (QED) is 0.172. The molecule has 186 valence electrons. The molecule has 2 aliphatic carbocycles. The maximum Gasteiger partial charge on any atom is 0.199 e. The Labute approximate surface area is 208 Å². The van der Waals surface area contributed by atoms with Crippen LogP contribution in [0.3, 0.4) is 0 Å². The minimum absolute atomic E-state index is 0.557. The fourth-order valence-electron chi connectivity index (χ4n) is 6.15. The number of hydrogen-bond acceptors (Lipinski definition) is 1. The van der Waals surface area contributed by atoms with Crippen molar-refractivity contribution in [3.8, 4) is 6.07 Å². The molecule has 2 saturated carbocycles. The molecule has 2 fully saturated rings. The first-order valence-corrected chi connectivity index (χ1v) is 14.2. The second-order valence-corrected chi connectivity index (χ2v) is 11.0. The van der Waals surface area contributed by atoms with Gasteiger partial charge in [0.05, 0.1) is 0 Å². The SMILES string of the molecule is CCCCCCCc1ccc(C2CCC(CCC3CCC(/C=C/C=C(\F)C#N)CC3)CC2)cc1. The Morgan fingerprint density at radius 1 is 0.882 bits per heavy atom. The van der Waals surface area contributed by atoms with Gasteiger partial charge in [0, 0.05) is 0 Å². The van der Waals surface area contributed by atoms with E-state index in [9.17, 15) is 4.39 Å². The molecule has 2 heteroatoms. The van der Waals surface area contributed by atoms with Gasteiger partial charge in [0.1, 0.15) is 6.07 Å². The Morgan fingerprint density at radius 3 is 2.12 bits per heavy atom. The molecule has 0 atom stereocenters. The van der Waals surface area contributed by atoms with Gasteiger partial charge in [-0.2, -0.15) is 9.65 Å². The number of unbranched alkanes of at least 4 members (excludes halogenated alkanes) is 4. The topological polar surface area (TPSA) is 23.8 Å². The monoisotopic (exact) mass is 463 g/mol. The summed E-state index contributed by atoms with van der Waals surface area (Å²) in [7, 11) is 0. The first kappa shape index (κ1) is 26.7. The van der Waals surface area contributed by atoms with E-state index >= 15 is 0 Å². The maximum absolute atomic E-state index is 12.9. The number of benzene rings is 1. The van der Waals surface area contributed by atoms with E-state index in [1.54, 1.807) is 11.6 Å². The highest BCUT2D eigenvalue weighted by atomic mass is 19.1. The summed E-state index contributed by atoms with van der Waals surface area (Å²) in [5.74, 6) is 2.43. The van der Waals surface area contributed by atoms with Crippen molar-refractivity contribution in [2.24, 2.45) is 17.8 Å². The summed E-state index contributed by atoms with van der Waals surface area (Å²) in [6.45, 7) is 2.28. The molecule has 0 heterocycles. The molecule has 1 aromatic rings. The van der Waals surface area contributed by atoms with E-state index in [0.717, 1.165) is 17.8 Å². The Morgan fingerprint density at radius 2 is 1.50 bits per heavy atom. The van der Waals surface area contributed by atoms with Crippen molar-refractivity contribution < 1.29 is 4.39 Å². The number of halogens is 1. The fourth-order valence-corrected chi connectivity index (χ4v) is 6.15. The first-order valence-electron chi connectivity index (χ1n) is 14.2. The summed E-state index contributed by atoms with van der Waals surface area (Å²) in [5, 5.41) is 8.47. The summed E-state index contributed by atoms with van der Waals surface area (Å²) in [6, 6.07) is 11.2. The standard InChI is InChI=1S/C32H46FN/c1-2-3-4-5-6-8-26-17-21-30(22-18-26)31-23-19-29(20-24-31)16-15-28-13-11-27(12-14-28)9-7-10-32(33)25-34/h7,9-10,17-18,21-22,27-29,31H,2-6,8,11-16,19-20,23-24H2,1H3/b9-7+,32-10-. The molecule has 2 aliphatic rings. The molecule has 0 spiro atoms. The predicted molar refractivity (Wildman–Crippen MR) is 142 cm³/mol. The van der Waals surface area contributed by atoms with Crippen molar-refractivity contribution >= 4 is 0 Å². The minimum atomic E-state index is -0.704. The van der Waals surface area contributed by atoms with E-state index in [4.69, 9.17) is 5.26 Å². The smallest absolute Gasteiger partial charge is 0.195 e. The number of hydrogen-bond donors (Lipinski definition) is 0. The third-order valence-electron chi connectivity index (χ3n) is 8.47. The lowest BCUT2D eigenvalue weighted by atomic mass is 9.74. The highest BCUT2D eigenvalue weighted by molar-refractivity contribution is 5.26. The Balaban J connectivity index is 1.29. The molecule has 0 unspecified atom stereocenters. The fraction of sp³-hybridized carbons (Fsp3) is 0.656. The van der Waals surface area contributed by atoms with Gasteiger partial charge in [-0.05, 0) is 105 Å². The number of allylic oxidation sites excluding steroid dienone is 4. The molecule has 34 heavy (non-hydrogen) atoms. The molecule has 0 amide bonds. The van der Waals surface area contributed by atoms with Gasteiger partial charge in [-0.25, -0.2) is 0 Å². The molecule has 0 aliphatic heterocycles. The van der Waals surface area contributed by atoms with Crippen molar-refractivity contribution in [3.63, 3.8) is 0 Å². The maximum atomic E-state index is 12.9. The largest absolute Gasteiger partial charge is 0.199 e. The second kappa shape index (κ2) is 15.2. The molecule has 0 bridgehead atoms. The number of aryl methyl sites for hydroxylation is 1. The number of rotatable bonds is 12. The molecular weight excluding hydrogens is 417 g/mol. The lowest BCUT2D eigenvalue weighted by molar-refractivity contribution is 0.246. The zero-order valence-corrected chi connectivity index (χ0v) is 21.5. The molecule has 3 rings (SSSR count). The van der Waals surface area contributed by atoms with Crippen LogP contribution >= 0.6 is 0 Å². The van der Waals surface area contributed by atoms with Gasteiger partial charge >= 0.3 is 0 Å². The molecular formula is C32H46FN. The van der Waals surface area contributed by atoms with Crippen LogP contribution in [-0.4, -0.2) is 0 Å². The number of nitrogens with zero attached hydrogens (tertiary/aromatic N) is 1. The van der Waals surface area contributed by atoms with Gasteiger partial charge in [-0.3, -0.25) is 0 Å². The van der Waals surface area contributed by atoms with Gasteiger partial charge in [-0.15, -0.1) is 0 Å². The van der Waals surface area contributed by atoms with Crippen LogP contribution in [0.5, 0.6) is 0 Å². The molecule has 0 aromatic heterocycles. The average molecular weight is 464 g/mol. The molecule has 0 radical (unpaired) electrons. The third-order valence-corrected chi connectivity index (χ3v) is 8.47. The van der Waals surface area contributed by atoms with Crippen LogP contribution in [0.1, 0.15) is 120 Å². The van der Waals surface area contributed by atoms with Crippen molar-refractivity contribution in [1.29, 1.82) is 5.26 Å². The lowest BCUT2D eigenvalue weighted by Gasteiger charge is -2.31. The average Bonchev–Trinajstić information content (AvgIpc) is 2.88. The van der Waals surface area contributed by atoms with Crippen molar-refractivity contribution in [2.75, 3.05) is 0 Å². The van der Waals surface area contributed by atoms with E-state index in [-0.39, 0.29) is 0 Å².